The third kappa shape index (κ3) is 6.01. The Hall–Kier alpha value is -1.43. The van der Waals surface area contributed by atoms with Crippen LogP contribution in [0.5, 0.6) is 0 Å². The highest BCUT2D eigenvalue weighted by atomic mass is 16.5. The Morgan fingerprint density at radius 1 is 1.65 bits per heavy atom. The van der Waals surface area contributed by atoms with Gasteiger partial charge in [0, 0.05) is 33.1 Å². The summed E-state index contributed by atoms with van der Waals surface area (Å²) in [5.41, 5.74) is 0. The molecule has 1 heterocycles. The van der Waals surface area contributed by atoms with Crippen LogP contribution < -0.4 is 5.32 Å². The predicted molar refractivity (Wildman–Crippen MR) is 63.4 cm³/mol. The Labute approximate surface area is 101 Å². The number of H-pyrrole nitrogens is 1. The maximum atomic E-state index is 11.5. The van der Waals surface area contributed by atoms with E-state index in [1.165, 1.54) is 6.33 Å². The second kappa shape index (κ2) is 7.78. The lowest BCUT2D eigenvalue weighted by molar-refractivity contribution is -0.122. The van der Waals surface area contributed by atoms with Crippen LogP contribution in [0.25, 0.3) is 0 Å². The summed E-state index contributed by atoms with van der Waals surface area (Å²) in [5, 5.41) is 9.42. The van der Waals surface area contributed by atoms with E-state index in [-0.39, 0.29) is 11.8 Å². The van der Waals surface area contributed by atoms with Gasteiger partial charge in [-0.05, 0) is 12.3 Å². The van der Waals surface area contributed by atoms with E-state index in [1.807, 2.05) is 6.92 Å². The molecule has 0 radical (unpaired) electrons. The standard InChI is InChI=1S/C11H20N4O2/c1-9(7-17-2)6-11(16)12-5-3-4-10-13-8-14-15-10/h8-9H,3-7H2,1-2H3,(H,12,16)(H,13,14,15). The van der Waals surface area contributed by atoms with E-state index in [0.717, 1.165) is 18.7 Å². The van der Waals surface area contributed by atoms with Gasteiger partial charge in [-0.2, -0.15) is 5.10 Å². The molecule has 0 saturated heterocycles. The lowest BCUT2D eigenvalue weighted by Crippen LogP contribution is -2.27. The van der Waals surface area contributed by atoms with Crippen LogP contribution in [0.1, 0.15) is 25.6 Å². The molecule has 6 nitrogen and oxygen atoms in total. The predicted octanol–water partition coefficient (Wildman–Crippen LogP) is 0.526. The molecule has 0 aliphatic carbocycles. The van der Waals surface area contributed by atoms with Crippen molar-refractivity contribution in [3.63, 3.8) is 0 Å². The van der Waals surface area contributed by atoms with Crippen LogP contribution >= 0.6 is 0 Å². The van der Waals surface area contributed by atoms with Crippen LogP contribution in [-0.4, -0.2) is 41.3 Å². The van der Waals surface area contributed by atoms with Gasteiger partial charge in [0.25, 0.3) is 0 Å². The lowest BCUT2D eigenvalue weighted by atomic mass is 10.1. The molecular weight excluding hydrogens is 220 g/mol. The summed E-state index contributed by atoms with van der Waals surface area (Å²) in [5.74, 6) is 1.19. The number of amides is 1. The first-order valence-electron chi connectivity index (χ1n) is 5.82. The fraction of sp³-hybridized carbons (Fsp3) is 0.727. The van der Waals surface area contributed by atoms with Crippen molar-refractivity contribution in [3.05, 3.63) is 12.2 Å². The molecule has 17 heavy (non-hydrogen) atoms. The topological polar surface area (TPSA) is 79.9 Å². The van der Waals surface area contributed by atoms with Crippen LogP contribution in [-0.2, 0) is 16.0 Å². The van der Waals surface area contributed by atoms with Crippen molar-refractivity contribution in [1.82, 2.24) is 20.5 Å². The van der Waals surface area contributed by atoms with Gasteiger partial charge < -0.3 is 10.1 Å². The van der Waals surface area contributed by atoms with Gasteiger partial charge in [-0.3, -0.25) is 9.89 Å². The molecule has 96 valence electrons. The Morgan fingerprint density at radius 3 is 3.12 bits per heavy atom. The molecule has 1 aromatic rings. The molecule has 0 spiro atoms. The first-order chi connectivity index (χ1) is 8.22. The zero-order valence-electron chi connectivity index (χ0n) is 10.4. The average Bonchev–Trinajstić information content (AvgIpc) is 2.77. The zero-order chi connectivity index (χ0) is 12.5. The number of hydrogen-bond donors (Lipinski definition) is 2. The minimum absolute atomic E-state index is 0.0760. The molecular formula is C11H20N4O2. The SMILES string of the molecule is COCC(C)CC(=O)NCCCc1ncn[nH]1. The van der Waals surface area contributed by atoms with Gasteiger partial charge in [-0.15, -0.1) is 0 Å². The molecule has 1 aromatic heterocycles. The summed E-state index contributed by atoms with van der Waals surface area (Å²) < 4.78 is 4.98. The Balaban J connectivity index is 2.04. The molecule has 0 bridgehead atoms. The number of rotatable bonds is 8. The summed E-state index contributed by atoms with van der Waals surface area (Å²) in [7, 11) is 1.64. The van der Waals surface area contributed by atoms with Crippen LogP contribution in [0.15, 0.2) is 6.33 Å². The van der Waals surface area contributed by atoms with Gasteiger partial charge in [0.05, 0.1) is 0 Å². The molecule has 1 unspecified atom stereocenters. The normalized spacial score (nSPS) is 12.4. The molecule has 0 fully saturated rings. The highest BCUT2D eigenvalue weighted by Crippen LogP contribution is 2.01. The van der Waals surface area contributed by atoms with Crippen molar-refractivity contribution in [2.45, 2.75) is 26.2 Å². The van der Waals surface area contributed by atoms with Gasteiger partial charge in [0.1, 0.15) is 12.2 Å². The van der Waals surface area contributed by atoms with E-state index < -0.39 is 0 Å². The Morgan fingerprint density at radius 2 is 2.47 bits per heavy atom. The van der Waals surface area contributed by atoms with Crippen molar-refractivity contribution >= 4 is 5.91 Å². The number of carbonyl (C=O) groups excluding carboxylic acids is 1. The van der Waals surface area contributed by atoms with E-state index in [9.17, 15) is 4.79 Å². The number of hydrogen-bond acceptors (Lipinski definition) is 4. The quantitative estimate of drug-likeness (QED) is 0.649. The van der Waals surface area contributed by atoms with E-state index in [0.29, 0.717) is 19.6 Å². The van der Waals surface area contributed by atoms with Gasteiger partial charge in [0.2, 0.25) is 5.91 Å². The van der Waals surface area contributed by atoms with Crippen molar-refractivity contribution in [2.24, 2.45) is 5.92 Å². The number of ether oxygens (including phenoxy) is 1. The van der Waals surface area contributed by atoms with Crippen LogP contribution in [0.4, 0.5) is 0 Å². The van der Waals surface area contributed by atoms with E-state index in [4.69, 9.17) is 4.74 Å². The molecule has 1 amide bonds. The number of nitrogens with zero attached hydrogens (tertiary/aromatic N) is 2. The van der Waals surface area contributed by atoms with Crippen molar-refractivity contribution in [1.29, 1.82) is 0 Å². The second-order valence-electron chi connectivity index (χ2n) is 4.15. The number of methoxy groups -OCH3 is 1. The highest BCUT2D eigenvalue weighted by Gasteiger charge is 2.08. The van der Waals surface area contributed by atoms with Crippen LogP contribution in [0.2, 0.25) is 0 Å². The number of nitrogens with one attached hydrogen (secondary N) is 2. The monoisotopic (exact) mass is 240 g/mol. The zero-order valence-corrected chi connectivity index (χ0v) is 10.4. The summed E-state index contributed by atoms with van der Waals surface area (Å²) in [4.78, 5) is 15.5. The van der Waals surface area contributed by atoms with E-state index in [2.05, 4.69) is 20.5 Å². The first kappa shape index (κ1) is 13.6. The molecule has 0 aliphatic heterocycles. The summed E-state index contributed by atoms with van der Waals surface area (Å²) in [6, 6.07) is 0. The molecule has 2 N–H and O–H groups in total. The lowest BCUT2D eigenvalue weighted by Gasteiger charge is -2.10. The number of aryl methyl sites for hydroxylation is 1. The summed E-state index contributed by atoms with van der Waals surface area (Å²) in [6.45, 7) is 3.28. The molecule has 0 aliphatic rings. The van der Waals surface area contributed by atoms with Gasteiger partial charge in [-0.25, -0.2) is 4.98 Å². The third-order valence-electron chi connectivity index (χ3n) is 2.36. The van der Waals surface area contributed by atoms with Gasteiger partial charge in [0.15, 0.2) is 0 Å². The summed E-state index contributed by atoms with van der Waals surface area (Å²) in [6.07, 6.45) is 3.66. The maximum Gasteiger partial charge on any atom is 0.220 e. The second-order valence-corrected chi connectivity index (χ2v) is 4.15. The fourth-order valence-corrected chi connectivity index (χ4v) is 1.57. The van der Waals surface area contributed by atoms with Crippen molar-refractivity contribution < 1.29 is 9.53 Å². The summed E-state index contributed by atoms with van der Waals surface area (Å²) >= 11 is 0. The average molecular weight is 240 g/mol. The van der Waals surface area contributed by atoms with Crippen LogP contribution in [0.3, 0.4) is 0 Å². The van der Waals surface area contributed by atoms with Crippen LogP contribution in [0, 0.1) is 5.92 Å². The van der Waals surface area contributed by atoms with E-state index >= 15 is 0 Å². The molecule has 0 aromatic carbocycles. The molecule has 6 heteroatoms. The third-order valence-corrected chi connectivity index (χ3v) is 2.36. The number of aromatic amines is 1. The highest BCUT2D eigenvalue weighted by molar-refractivity contribution is 5.76. The minimum atomic E-state index is 0.0760. The molecule has 1 atom stereocenters. The molecule has 0 saturated carbocycles. The van der Waals surface area contributed by atoms with Gasteiger partial charge in [-0.1, -0.05) is 6.92 Å². The van der Waals surface area contributed by atoms with Crippen molar-refractivity contribution in [2.75, 3.05) is 20.3 Å². The maximum absolute atomic E-state index is 11.5. The van der Waals surface area contributed by atoms with E-state index in [1.54, 1.807) is 7.11 Å². The molecule has 1 rings (SSSR count). The van der Waals surface area contributed by atoms with Crippen molar-refractivity contribution in [3.8, 4) is 0 Å². The minimum Gasteiger partial charge on any atom is -0.384 e. The Kier molecular flexibility index (Phi) is 6.24. The number of aromatic nitrogens is 3. The largest absolute Gasteiger partial charge is 0.384 e. The first-order valence-corrected chi connectivity index (χ1v) is 5.82. The Bertz CT molecular complexity index is 313. The smallest absolute Gasteiger partial charge is 0.220 e. The fourth-order valence-electron chi connectivity index (χ4n) is 1.57. The van der Waals surface area contributed by atoms with Gasteiger partial charge >= 0.3 is 0 Å². The number of carbonyl (C=O) groups is 1.